The molecule has 0 fully saturated rings. The SMILES string of the molecule is COc1cc(C(C)=O)cc2cc(C)nnc12. The molecule has 1 aromatic heterocycles. The van der Waals surface area contributed by atoms with Gasteiger partial charge in [0.25, 0.3) is 0 Å². The number of nitrogens with zero attached hydrogens (tertiary/aromatic N) is 2. The van der Waals surface area contributed by atoms with Crippen LogP contribution in [0.25, 0.3) is 10.9 Å². The smallest absolute Gasteiger partial charge is 0.159 e. The molecule has 0 spiro atoms. The Labute approximate surface area is 93.3 Å². The largest absolute Gasteiger partial charge is 0.494 e. The van der Waals surface area contributed by atoms with Crippen LogP contribution >= 0.6 is 0 Å². The molecule has 2 aromatic rings. The zero-order chi connectivity index (χ0) is 11.7. The van der Waals surface area contributed by atoms with E-state index in [4.69, 9.17) is 4.74 Å². The first kappa shape index (κ1) is 10.5. The number of hydrogen-bond acceptors (Lipinski definition) is 4. The van der Waals surface area contributed by atoms with Gasteiger partial charge >= 0.3 is 0 Å². The summed E-state index contributed by atoms with van der Waals surface area (Å²) in [7, 11) is 1.56. The molecule has 1 aromatic carbocycles. The van der Waals surface area contributed by atoms with Crippen LogP contribution in [-0.2, 0) is 0 Å². The van der Waals surface area contributed by atoms with Crippen molar-refractivity contribution in [2.24, 2.45) is 0 Å². The van der Waals surface area contributed by atoms with Crippen molar-refractivity contribution >= 4 is 16.7 Å². The third kappa shape index (κ3) is 1.74. The molecule has 0 amide bonds. The minimum atomic E-state index is 0.00895. The molecule has 82 valence electrons. The molecule has 0 atom stereocenters. The number of fused-ring (bicyclic) bond motifs is 1. The molecule has 0 aliphatic heterocycles. The number of aryl methyl sites for hydroxylation is 1. The Bertz CT molecular complexity index is 564. The Morgan fingerprint density at radius 2 is 2.00 bits per heavy atom. The molecule has 4 nitrogen and oxygen atoms in total. The van der Waals surface area contributed by atoms with Crippen LogP contribution in [0.5, 0.6) is 5.75 Å². The van der Waals surface area contributed by atoms with E-state index in [9.17, 15) is 4.79 Å². The maximum absolute atomic E-state index is 11.4. The second kappa shape index (κ2) is 3.89. The Hall–Kier alpha value is -1.97. The van der Waals surface area contributed by atoms with Gasteiger partial charge in [0.05, 0.1) is 12.8 Å². The minimum Gasteiger partial charge on any atom is -0.494 e. The van der Waals surface area contributed by atoms with Crippen molar-refractivity contribution in [2.75, 3.05) is 7.11 Å². The van der Waals surface area contributed by atoms with Gasteiger partial charge < -0.3 is 4.74 Å². The van der Waals surface area contributed by atoms with E-state index in [0.717, 1.165) is 11.1 Å². The molecule has 0 N–H and O–H groups in total. The summed E-state index contributed by atoms with van der Waals surface area (Å²) in [6.07, 6.45) is 0. The van der Waals surface area contributed by atoms with Crippen LogP contribution in [0.3, 0.4) is 0 Å². The maximum atomic E-state index is 11.4. The van der Waals surface area contributed by atoms with Crippen molar-refractivity contribution in [1.29, 1.82) is 0 Å². The molecule has 0 saturated carbocycles. The van der Waals surface area contributed by atoms with Gasteiger partial charge in [-0.1, -0.05) is 0 Å². The summed E-state index contributed by atoms with van der Waals surface area (Å²) in [5, 5.41) is 8.91. The van der Waals surface area contributed by atoms with Crippen LogP contribution in [0, 0.1) is 6.92 Å². The summed E-state index contributed by atoms with van der Waals surface area (Å²) < 4.78 is 5.20. The molecule has 0 saturated heterocycles. The number of carbonyl (C=O) groups excluding carboxylic acids is 1. The lowest BCUT2D eigenvalue weighted by Gasteiger charge is -2.06. The Morgan fingerprint density at radius 1 is 1.25 bits per heavy atom. The van der Waals surface area contributed by atoms with Gasteiger partial charge in [-0.05, 0) is 32.0 Å². The highest BCUT2D eigenvalue weighted by atomic mass is 16.5. The second-order valence-corrected chi connectivity index (χ2v) is 3.66. The van der Waals surface area contributed by atoms with Crippen molar-refractivity contribution in [2.45, 2.75) is 13.8 Å². The zero-order valence-electron chi connectivity index (χ0n) is 9.44. The molecule has 2 rings (SSSR count). The van der Waals surface area contributed by atoms with Crippen molar-refractivity contribution in [3.8, 4) is 5.75 Å². The predicted molar refractivity (Wildman–Crippen MR) is 60.8 cm³/mol. The van der Waals surface area contributed by atoms with E-state index in [1.807, 2.05) is 19.1 Å². The van der Waals surface area contributed by atoms with Crippen LogP contribution in [-0.4, -0.2) is 23.1 Å². The number of carbonyl (C=O) groups is 1. The van der Waals surface area contributed by atoms with Gasteiger partial charge in [0.2, 0.25) is 0 Å². The van der Waals surface area contributed by atoms with Crippen LogP contribution in [0.4, 0.5) is 0 Å². The topological polar surface area (TPSA) is 52.1 Å². The molecule has 16 heavy (non-hydrogen) atoms. The predicted octanol–water partition coefficient (Wildman–Crippen LogP) is 2.15. The zero-order valence-corrected chi connectivity index (χ0v) is 9.44. The summed E-state index contributed by atoms with van der Waals surface area (Å²) in [5.74, 6) is 0.588. The highest BCUT2D eigenvalue weighted by molar-refractivity contribution is 5.99. The van der Waals surface area contributed by atoms with Gasteiger partial charge in [0.1, 0.15) is 11.3 Å². The fourth-order valence-corrected chi connectivity index (χ4v) is 1.59. The quantitative estimate of drug-likeness (QED) is 0.722. The van der Waals surface area contributed by atoms with E-state index in [0.29, 0.717) is 16.8 Å². The number of hydrogen-bond donors (Lipinski definition) is 0. The van der Waals surface area contributed by atoms with E-state index >= 15 is 0 Å². The first-order valence-electron chi connectivity index (χ1n) is 4.95. The summed E-state index contributed by atoms with van der Waals surface area (Å²) in [5.41, 5.74) is 2.12. The molecule has 1 heterocycles. The van der Waals surface area contributed by atoms with Crippen LogP contribution in [0.15, 0.2) is 18.2 Å². The molecule has 0 bridgehead atoms. The second-order valence-electron chi connectivity index (χ2n) is 3.66. The fraction of sp³-hybridized carbons (Fsp3) is 0.250. The Kier molecular flexibility index (Phi) is 2.56. The number of ether oxygens (including phenoxy) is 1. The molecular weight excluding hydrogens is 204 g/mol. The van der Waals surface area contributed by atoms with Gasteiger partial charge in [-0.25, -0.2) is 0 Å². The first-order valence-corrected chi connectivity index (χ1v) is 4.95. The molecular formula is C12H12N2O2. The average molecular weight is 216 g/mol. The van der Waals surface area contributed by atoms with Crippen molar-refractivity contribution < 1.29 is 9.53 Å². The molecule has 4 heteroatoms. The lowest BCUT2D eigenvalue weighted by Crippen LogP contribution is -1.97. The van der Waals surface area contributed by atoms with Crippen molar-refractivity contribution in [1.82, 2.24) is 10.2 Å². The number of methoxy groups -OCH3 is 1. The number of rotatable bonds is 2. The number of ketones is 1. The maximum Gasteiger partial charge on any atom is 0.159 e. The third-order valence-corrected chi connectivity index (χ3v) is 2.40. The average Bonchev–Trinajstić information content (AvgIpc) is 2.26. The van der Waals surface area contributed by atoms with Gasteiger partial charge in [0.15, 0.2) is 5.78 Å². The normalized spacial score (nSPS) is 10.4. The van der Waals surface area contributed by atoms with E-state index in [1.54, 1.807) is 13.2 Å². The fourth-order valence-electron chi connectivity index (χ4n) is 1.59. The first-order chi connectivity index (χ1) is 7.61. The van der Waals surface area contributed by atoms with Gasteiger partial charge in [-0.3, -0.25) is 4.79 Å². The molecule has 0 aliphatic rings. The summed E-state index contributed by atoms with van der Waals surface area (Å²) in [6.45, 7) is 3.39. The third-order valence-electron chi connectivity index (χ3n) is 2.40. The number of Topliss-reactive ketones (excluding diaryl/α,β-unsaturated/α-hetero) is 1. The van der Waals surface area contributed by atoms with Crippen LogP contribution in [0.2, 0.25) is 0 Å². The monoisotopic (exact) mass is 216 g/mol. The number of aromatic nitrogens is 2. The van der Waals surface area contributed by atoms with E-state index in [-0.39, 0.29) is 5.78 Å². The minimum absolute atomic E-state index is 0.00895. The van der Waals surface area contributed by atoms with Gasteiger partial charge in [-0.15, -0.1) is 5.10 Å². The summed E-state index contributed by atoms with van der Waals surface area (Å²) in [4.78, 5) is 11.4. The summed E-state index contributed by atoms with van der Waals surface area (Å²) >= 11 is 0. The van der Waals surface area contributed by atoms with Crippen molar-refractivity contribution in [3.05, 3.63) is 29.5 Å². The molecule has 0 unspecified atom stereocenters. The van der Waals surface area contributed by atoms with Gasteiger partial charge in [-0.2, -0.15) is 5.10 Å². The number of benzene rings is 1. The van der Waals surface area contributed by atoms with Gasteiger partial charge in [0, 0.05) is 10.9 Å². The summed E-state index contributed by atoms with van der Waals surface area (Å²) in [6, 6.07) is 5.38. The highest BCUT2D eigenvalue weighted by Gasteiger charge is 2.09. The van der Waals surface area contributed by atoms with E-state index in [1.165, 1.54) is 6.92 Å². The molecule has 0 radical (unpaired) electrons. The van der Waals surface area contributed by atoms with E-state index < -0.39 is 0 Å². The highest BCUT2D eigenvalue weighted by Crippen LogP contribution is 2.25. The standard InChI is InChI=1S/C12H12N2O2/c1-7-4-10-5-9(8(2)15)6-11(16-3)12(10)14-13-7/h4-6H,1-3H3. The Balaban J connectivity index is 2.78. The van der Waals surface area contributed by atoms with Crippen molar-refractivity contribution in [3.63, 3.8) is 0 Å². The lowest BCUT2D eigenvalue weighted by atomic mass is 10.1. The molecule has 0 aliphatic carbocycles. The lowest BCUT2D eigenvalue weighted by molar-refractivity contribution is 0.101. The Morgan fingerprint density at radius 3 is 2.62 bits per heavy atom. The van der Waals surface area contributed by atoms with Crippen LogP contribution in [0.1, 0.15) is 23.0 Å². The van der Waals surface area contributed by atoms with E-state index in [2.05, 4.69) is 10.2 Å². The van der Waals surface area contributed by atoms with Crippen LogP contribution < -0.4 is 4.74 Å².